The maximum Gasteiger partial charge on any atom is 0.124 e. The summed E-state index contributed by atoms with van der Waals surface area (Å²) in [6.45, 7) is 0. The summed E-state index contributed by atoms with van der Waals surface area (Å²) in [5.41, 5.74) is 1.02. The molecule has 1 saturated carbocycles. The summed E-state index contributed by atoms with van der Waals surface area (Å²) >= 11 is 6.14. The maximum atomic E-state index is 13.1. The lowest BCUT2D eigenvalue weighted by atomic mass is 9.83. The average Bonchev–Trinajstić information content (AvgIpc) is 2.38. The second kappa shape index (κ2) is 6.53. The quantitative estimate of drug-likeness (QED) is 0.835. The Morgan fingerprint density at radius 2 is 2.06 bits per heavy atom. The minimum Gasteiger partial charge on any atom is -0.313 e. The van der Waals surface area contributed by atoms with Gasteiger partial charge < -0.3 is 5.32 Å². The van der Waals surface area contributed by atoms with Crippen molar-refractivity contribution in [2.24, 2.45) is 5.92 Å². The van der Waals surface area contributed by atoms with Crippen LogP contribution in [0.3, 0.4) is 0 Å². The molecule has 1 N–H and O–H groups in total. The molecule has 0 spiro atoms. The first-order valence-electron chi connectivity index (χ1n) is 6.83. The van der Waals surface area contributed by atoms with Gasteiger partial charge in [0.2, 0.25) is 0 Å². The van der Waals surface area contributed by atoms with Gasteiger partial charge in [-0.15, -0.1) is 0 Å². The van der Waals surface area contributed by atoms with Crippen molar-refractivity contribution in [1.82, 2.24) is 5.32 Å². The molecule has 0 heterocycles. The van der Waals surface area contributed by atoms with Crippen LogP contribution in [0.1, 0.15) is 50.1 Å². The van der Waals surface area contributed by atoms with E-state index in [0.29, 0.717) is 5.02 Å². The van der Waals surface area contributed by atoms with Gasteiger partial charge in [-0.3, -0.25) is 0 Å². The highest BCUT2D eigenvalue weighted by Crippen LogP contribution is 2.34. The van der Waals surface area contributed by atoms with Crippen molar-refractivity contribution >= 4 is 11.6 Å². The highest BCUT2D eigenvalue weighted by Gasteiger charge is 2.20. The fraction of sp³-hybridized carbons (Fsp3) is 0.600. The molecule has 2 rings (SSSR count). The minimum atomic E-state index is -0.267. The van der Waals surface area contributed by atoms with E-state index >= 15 is 0 Å². The van der Waals surface area contributed by atoms with Crippen LogP contribution in [0.2, 0.25) is 5.02 Å². The number of hydrogen-bond acceptors (Lipinski definition) is 1. The standard InChI is InChI=1S/C15H21ClFN/c1-18-15(9-11-5-3-2-4-6-11)13-8-7-12(17)10-14(13)16/h7-8,10-11,15,18H,2-6,9H2,1H3. The second-order valence-electron chi connectivity index (χ2n) is 5.25. The van der Waals surface area contributed by atoms with Crippen LogP contribution >= 0.6 is 11.6 Å². The molecular formula is C15H21ClFN. The van der Waals surface area contributed by atoms with Crippen LogP contribution in [-0.2, 0) is 0 Å². The van der Waals surface area contributed by atoms with Crippen LogP contribution in [0.25, 0.3) is 0 Å². The van der Waals surface area contributed by atoms with Crippen LogP contribution in [-0.4, -0.2) is 7.05 Å². The van der Waals surface area contributed by atoms with Gasteiger partial charge in [0.25, 0.3) is 0 Å². The van der Waals surface area contributed by atoms with Crippen LogP contribution in [0.15, 0.2) is 18.2 Å². The van der Waals surface area contributed by atoms with E-state index in [4.69, 9.17) is 11.6 Å². The number of nitrogens with one attached hydrogen (secondary N) is 1. The molecule has 3 heteroatoms. The molecule has 1 unspecified atom stereocenters. The third kappa shape index (κ3) is 3.46. The normalized spacial score (nSPS) is 18.8. The Bertz CT molecular complexity index is 388. The number of benzene rings is 1. The van der Waals surface area contributed by atoms with Crippen LogP contribution in [0.4, 0.5) is 4.39 Å². The van der Waals surface area contributed by atoms with E-state index in [0.717, 1.165) is 17.9 Å². The van der Waals surface area contributed by atoms with E-state index in [1.54, 1.807) is 0 Å². The van der Waals surface area contributed by atoms with Gasteiger partial charge >= 0.3 is 0 Å². The average molecular weight is 270 g/mol. The van der Waals surface area contributed by atoms with E-state index in [-0.39, 0.29) is 11.9 Å². The van der Waals surface area contributed by atoms with Gasteiger partial charge in [0.15, 0.2) is 0 Å². The summed E-state index contributed by atoms with van der Waals surface area (Å²) in [6, 6.07) is 4.94. The topological polar surface area (TPSA) is 12.0 Å². The van der Waals surface area contributed by atoms with Crippen LogP contribution in [0.5, 0.6) is 0 Å². The largest absolute Gasteiger partial charge is 0.313 e. The van der Waals surface area contributed by atoms with E-state index in [9.17, 15) is 4.39 Å². The fourth-order valence-electron chi connectivity index (χ4n) is 2.94. The SMILES string of the molecule is CNC(CC1CCCCC1)c1ccc(F)cc1Cl. The molecule has 1 nitrogen and oxygen atoms in total. The molecule has 0 saturated heterocycles. The molecular weight excluding hydrogens is 249 g/mol. The molecule has 1 atom stereocenters. The molecule has 100 valence electrons. The minimum absolute atomic E-state index is 0.237. The first-order chi connectivity index (χ1) is 8.70. The Hall–Kier alpha value is -0.600. The zero-order chi connectivity index (χ0) is 13.0. The summed E-state index contributed by atoms with van der Waals surface area (Å²) < 4.78 is 13.1. The highest BCUT2D eigenvalue weighted by atomic mass is 35.5. The van der Waals surface area contributed by atoms with Gasteiger partial charge in [-0.2, -0.15) is 0 Å². The van der Waals surface area contributed by atoms with Gasteiger partial charge in [-0.25, -0.2) is 4.39 Å². The van der Waals surface area contributed by atoms with Gasteiger partial charge in [0, 0.05) is 11.1 Å². The van der Waals surface area contributed by atoms with E-state index in [2.05, 4.69) is 5.32 Å². The number of halogens is 2. The van der Waals surface area contributed by atoms with Gasteiger partial charge in [-0.1, -0.05) is 49.8 Å². The molecule has 1 aromatic rings. The summed E-state index contributed by atoms with van der Waals surface area (Å²) in [6.07, 6.45) is 7.80. The van der Waals surface area contributed by atoms with E-state index < -0.39 is 0 Å². The Kier molecular flexibility index (Phi) is 5.02. The van der Waals surface area contributed by atoms with E-state index in [1.807, 2.05) is 13.1 Å². The zero-order valence-corrected chi connectivity index (χ0v) is 11.6. The summed E-state index contributed by atoms with van der Waals surface area (Å²) in [7, 11) is 1.95. The van der Waals surface area contributed by atoms with Gasteiger partial charge in [0.05, 0.1) is 0 Å². The summed E-state index contributed by atoms with van der Waals surface area (Å²) in [5.74, 6) is 0.508. The van der Waals surface area contributed by atoms with Crippen molar-refractivity contribution in [3.8, 4) is 0 Å². The van der Waals surface area contributed by atoms with Crippen molar-refractivity contribution < 1.29 is 4.39 Å². The predicted molar refractivity (Wildman–Crippen MR) is 74.4 cm³/mol. The molecule has 1 aliphatic rings. The Labute approximate surface area is 114 Å². The lowest BCUT2D eigenvalue weighted by Gasteiger charge is -2.27. The lowest BCUT2D eigenvalue weighted by molar-refractivity contribution is 0.306. The van der Waals surface area contributed by atoms with Crippen molar-refractivity contribution in [2.45, 2.75) is 44.6 Å². The Morgan fingerprint density at radius 1 is 1.33 bits per heavy atom. The molecule has 0 aromatic heterocycles. The Morgan fingerprint density at radius 3 is 2.67 bits per heavy atom. The lowest BCUT2D eigenvalue weighted by Crippen LogP contribution is -2.21. The van der Waals surface area contributed by atoms with Crippen LogP contribution < -0.4 is 5.32 Å². The molecule has 18 heavy (non-hydrogen) atoms. The highest BCUT2D eigenvalue weighted by molar-refractivity contribution is 6.31. The number of rotatable bonds is 4. The van der Waals surface area contributed by atoms with Gasteiger partial charge in [-0.05, 0) is 37.1 Å². The maximum absolute atomic E-state index is 13.1. The zero-order valence-electron chi connectivity index (χ0n) is 10.9. The first kappa shape index (κ1) is 13.8. The molecule has 0 radical (unpaired) electrons. The third-order valence-corrected chi connectivity index (χ3v) is 4.31. The predicted octanol–water partition coefficient (Wildman–Crippen LogP) is 4.71. The molecule has 0 bridgehead atoms. The third-order valence-electron chi connectivity index (χ3n) is 3.98. The summed E-state index contributed by atoms with van der Waals surface area (Å²) in [4.78, 5) is 0. The smallest absolute Gasteiger partial charge is 0.124 e. The first-order valence-corrected chi connectivity index (χ1v) is 7.20. The van der Waals surface area contributed by atoms with Crippen LogP contribution in [0, 0.1) is 11.7 Å². The fourth-order valence-corrected chi connectivity index (χ4v) is 3.24. The summed E-state index contributed by atoms with van der Waals surface area (Å²) in [5, 5.41) is 3.85. The molecule has 0 aliphatic heterocycles. The molecule has 1 aliphatic carbocycles. The second-order valence-corrected chi connectivity index (χ2v) is 5.65. The van der Waals surface area contributed by atoms with Gasteiger partial charge in [0.1, 0.15) is 5.82 Å². The van der Waals surface area contributed by atoms with Crippen molar-refractivity contribution in [3.05, 3.63) is 34.6 Å². The monoisotopic (exact) mass is 269 g/mol. The molecule has 0 amide bonds. The molecule has 1 fully saturated rings. The Balaban J connectivity index is 2.07. The van der Waals surface area contributed by atoms with Crippen molar-refractivity contribution in [1.29, 1.82) is 0 Å². The van der Waals surface area contributed by atoms with Crippen molar-refractivity contribution in [2.75, 3.05) is 7.05 Å². The van der Waals surface area contributed by atoms with E-state index in [1.165, 1.54) is 44.2 Å². The van der Waals surface area contributed by atoms with Crippen molar-refractivity contribution in [3.63, 3.8) is 0 Å². The number of hydrogen-bond donors (Lipinski definition) is 1. The molecule has 1 aromatic carbocycles.